The van der Waals surface area contributed by atoms with Crippen molar-refractivity contribution in [3.05, 3.63) is 64.7 Å². The molecule has 1 atom stereocenters. The predicted octanol–water partition coefficient (Wildman–Crippen LogP) is 2.85. The zero-order valence-corrected chi connectivity index (χ0v) is 17.0. The molecule has 0 saturated heterocycles. The van der Waals surface area contributed by atoms with E-state index in [4.69, 9.17) is 4.74 Å². The third-order valence-electron chi connectivity index (χ3n) is 4.90. The van der Waals surface area contributed by atoms with Crippen molar-refractivity contribution >= 4 is 21.8 Å². The molecule has 7 heteroatoms. The average molecular weight is 401 g/mol. The summed E-state index contributed by atoms with van der Waals surface area (Å²) < 4.78 is 30.6. The summed E-state index contributed by atoms with van der Waals surface area (Å²) in [4.78, 5) is 25.0. The van der Waals surface area contributed by atoms with Gasteiger partial charge in [0.15, 0.2) is 6.10 Å². The molecule has 0 N–H and O–H groups in total. The van der Waals surface area contributed by atoms with Crippen molar-refractivity contribution in [3.63, 3.8) is 0 Å². The molecule has 6 nitrogen and oxygen atoms in total. The van der Waals surface area contributed by atoms with Gasteiger partial charge in [0, 0.05) is 19.7 Å². The highest BCUT2D eigenvalue weighted by molar-refractivity contribution is 7.89. The number of nitrogens with zero attached hydrogens (tertiary/aromatic N) is 1. The summed E-state index contributed by atoms with van der Waals surface area (Å²) in [7, 11) is -0.701. The number of hydrogen-bond acceptors (Lipinski definition) is 5. The first-order valence-electron chi connectivity index (χ1n) is 9.10. The lowest BCUT2D eigenvalue weighted by molar-refractivity contribution is 0.0318. The highest BCUT2D eigenvalue weighted by atomic mass is 32.2. The lowest BCUT2D eigenvalue weighted by Crippen LogP contribution is -2.25. The number of carbonyl (C=O) groups is 2. The first-order chi connectivity index (χ1) is 13.2. The topological polar surface area (TPSA) is 80.8 Å². The second-order valence-corrected chi connectivity index (χ2v) is 9.21. The monoisotopic (exact) mass is 401 g/mol. The van der Waals surface area contributed by atoms with Crippen LogP contribution in [0.3, 0.4) is 0 Å². The van der Waals surface area contributed by atoms with E-state index in [2.05, 4.69) is 0 Å². The van der Waals surface area contributed by atoms with E-state index in [1.54, 1.807) is 13.0 Å². The largest absolute Gasteiger partial charge is 0.451 e. The first-order valence-corrected chi connectivity index (χ1v) is 10.5. The number of esters is 1. The van der Waals surface area contributed by atoms with Gasteiger partial charge in [-0.15, -0.1) is 0 Å². The molecule has 2 aromatic rings. The second kappa shape index (κ2) is 7.85. The second-order valence-electron chi connectivity index (χ2n) is 7.06. The Morgan fingerprint density at radius 1 is 0.964 bits per heavy atom. The number of benzene rings is 2. The molecule has 0 aromatic heterocycles. The molecule has 0 saturated carbocycles. The minimum Gasteiger partial charge on any atom is -0.451 e. The van der Waals surface area contributed by atoms with E-state index < -0.39 is 22.1 Å². The van der Waals surface area contributed by atoms with E-state index in [-0.39, 0.29) is 16.2 Å². The Bertz CT molecular complexity index is 1010. The maximum atomic E-state index is 12.6. The van der Waals surface area contributed by atoms with Gasteiger partial charge in [0.1, 0.15) is 0 Å². The highest BCUT2D eigenvalue weighted by Gasteiger charge is 2.23. The van der Waals surface area contributed by atoms with Gasteiger partial charge in [-0.2, -0.15) is 0 Å². The molecule has 148 valence electrons. The van der Waals surface area contributed by atoms with Crippen LogP contribution in [0.4, 0.5) is 0 Å². The summed E-state index contributed by atoms with van der Waals surface area (Å²) in [5.74, 6) is -0.925. The summed E-state index contributed by atoms with van der Waals surface area (Å²) in [5, 5.41) is 0. The van der Waals surface area contributed by atoms with Crippen molar-refractivity contribution in [2.45, 2.75) is 37.2 Å². The van der Waals surface area contributed by atoms with Gasteiger partial charge in [-0.3, -0.25) is 4.79 Å². The number of sulfonamides is 1. The van der Waals surface area contributed by atoms with Gasteiger partial charge < -0.3 is 4.74 Å². The van der Waals surface area contributed by atoms with Gasteiger partial charge in [0.25, 0.3) is 0 Å². The molecule has 0 heterocycles. The van der Waals surface area contributed by atoms with E-state index in [1.165, 1.54) is 49.5 Å². The van der Waals surface area contributed by atoms with Crippen molar-refractivity contribution in [1.29, 1.82) is 0 Å². The van der Waals surface area contributed by atoms with Crippen LogP contribution < -0.4 is 0 Å². The number of hydrogen-bond donors (Lipinski definition) is 0. The van der Waals surface area contributed by atoms with Crippen LogP contribution in [0.1, 0.15) is 45.2 Å². The zero-order valence-electron chi connectivity index (χ0n) is 16.1. The molecule has 0 unspecified atom stereocenters. The van der Waals surface area contributed by atoms with Crippen molar-refractivity contribution in [1.82, 2.24) is 4.31 Å². The molecular weight excluding hydrogens is 378 g/mol. The summed E-state index contributed by atoms with van der Waals surface area (Å²) in [6.07, 6.45) is 2.16. The van der Waals surface area contributed by atoms with Crippen LogP contribution in [0.25, 0.3) is 0 Å². The Morgan fingerprint density at radius 3 is 2.21 bits per heavy atom. The van der Waals surface area contributed by atoms with Crippen LogP contribution in [0.5, 0.6) is 0 Å². The van der Waals surface area contributed by atoms with Gasteiger partial charge in [-0.05, 0) is 67.6 Å². The molecule has 0 radical (unpaired) electrons. The minimum atomic E-state index is -3.57. The van der Waals surface area contributed by atoms with E-state index in [0.29, 0.717) is 5.56 Å². The molecule has 2 aromatic carbocycles. The Morgan fingerprint density at radius 2 is 1.57 bits per heavy atom. The molecule has 0 bridgehead atoms. The molecule has 0 fully saturated rings. The fourth-order valence-corrected chi connectivity index (χ4v) is 4.12. The third-order valence-corrected chi connectivity index (χ3v) is 6.73. The van der Waals surface area contributed by atoms with E-state index in [9.17, 15) is 18.0 Å². The van der Waals surface area contributed by atoms with Crippen molar-refractivity contribution in [3.8, 4) is 0 Å². The Hall–Kier alpha value is -2.51. The summed E-state index contributed by atoms with van der Waals surface area (Å²) in [6.45, 7) is 1.54. The lowest BCUT2D eigenvalue weighted by atomic mass is 10.0. The fraction of sp³-hybridized carbons (Fsp3) is 0.333. The third kappa shape index (κ3) is 4.00. The summed E-state index contributed by atoms with van der Waals surface area (Å²) in [5.41, 5.74) is 3.18. The Balaban J connectivity index is 1.69. The predicted molar refractivity (Wildman–Crippen MR) is 105 cm³/mol. The number of carbonyl (C=O) groups excluding carboxylic acids is 2. The number of aryl methyl sites for hydroxylation is 2. The van der Waals surface area contributed by atoms with Gasteiger partial charge in [0.2, 0.25) is 15.8 Å². The molecule has 0 spiro atoms. The normalized spacial score (nSPS) is 14.6. The van der Waals surface area contributed by atoms with Crippen LogP contribution in [0.2, 0.25) is 0 Å². The Kier molecular flexibility index (Phi) is 5.67. The quantitative estimate of drug-likeness (QED) is 0.549. The van der Waals surface area contributed by atoms with E-state index in [1.807, 2.05) is 12.1 Å². The molecule has 28 heavy (non-hydrogen) atoms. The van der Waals surface area contributed by atoms with E-state index >= 15 is 0 Å². The van der Waals surface area contributed by atoms with Gasteiger partial charge in [-0.1, -0.05) is 12.1 Å². The van der Waals surface area contributed by atoms with Crippen LogP contribution >= 0.6 is 0 Å². The number of Topliss-reactive ketones (excluding diaryl/α,β-unsaturated/α-hetero) is 1. The summed E-state index contributed by atoms with van der Waals surface area (Å²) >= 11 is 0. The molecule has 0 amide bonds. The van der Waals surface area contributed by atoms with Gasteiger partial charge in [-0.25, -0.2) is 17.5 Å². The van der Waals surface area contributed by atoms with Crippen molar-refractivity contribution in [2.75, 3.05) is 14.1 Å². The maximum Gasteiger partial charge on any atom is 0.338 e. The number of ketones is 1. The standard InChI is InChI=1S/C21H23NO5S/c1-14(20(23)18-8-7-15-5-4-6-17(15)13-18)27-21(24)16-9-11-19(12-10-16)28(25,26)22(2)3/h7-14H,4-6H2,1-3H3/t14-/m0/s1. The average Bonchev–Trinajstić information content (AvgIpc) is 3.15. The van der Waals surface area contributed by atoms with Crippen LogP contribution in [0, 0.1) is 0 Å². The number of fused-ring (bicyclic) bond motifs is 1. The molecular formula is C21H23NO5S. The van der Waals surface area contributed by atoms with Crippen molar-refractivity contribution in [2.24, 2.45) is 0 Å². The first kappa shape index (κ1) is 20.2. The van der Waals surface area contributed by atoms with E-state index in [0.717, 1.165) is 23.6 Å². The molecule has 3 rings (SSSR count). The van der Waals surface area contributed by atoms with Crippen molar-refractivity contribution < 1.29 is 22.7 Å². The van der Waals surface area contributed by atoms with Gasteiger partial charge in [0.05, 0.1) is 10.5 Å². The SMILES string of the molecule is C[C@H](OC(=O)c1ccc(S(=O)(=O)N(C)C)cc1)C(=O)c1ccc2c(c1)CCC2. The number of ether oxygens (including phenoxy) is 1. The van der Waals surface area contributed by atoms with Crippen LogP contribution in [-0.4, -0.2) is 44.7 Å². The van der Waals surface area contributed by atoms with Gasteiger partial charge >= 0.3 is 5.97 Å². The molecule has 1 aliphatic rings. The fourth-order valence-electron chi connectivity index (χ4n) is 3.22. The number of rotatable bonds is 6. The maximum absolute atomic E-state index is 12.6. The highest BCUT2D eigenvalue weighted by Crippen LogP contribution is 2.24. The van der Waals surface area contributed by atoms with Crippen LogP contribution in [0.15, 0.2) is 47.4 Å². The van der Waals surface area contributed by atoms with Crippen LogP contribution in [-0.2, 0) is 27.6 Å². The summed E-state index contributed by atoms with van der Waals surface area (Å²) in [6, 6.07) is 11.1. The smallest absolute Gasteiger partial charge is 0.338 e. The minimum absolute atomic E-state index is 0.0799. The Labute approximate surface area is 165 Å². The molecule has 0 aliphatic heterocycles. The molecule has 1 aliphatic carbocycles. The lowest BCUT2D eigenvalue weighted by Gasteiger charge is -2.14. The zero-order chi connectivity index (χ0) is 20.5.